The van der Waals surface area contributed by atoms with E-state index in [0.717, 1.165) is 31.9 Å². The molecule has 0 bridgehead atoms. The van der Waals surface area contributed by atoms with Crippen LogP contribution in [0.1, 0.15) is 33.5 Å². The van der Waals surface area contributed by atoms with E-state index in [1.165, 1.54) is 12.1 Å². The van der Waals surface area contributed by atoms with Crippen molar-refractivity contribution in [2.45, 2.75) is 38.3 Å². The van der Waals surface area contributed by atoms with E-state index >= 15 is 0 Å². The molecule has 3 aromatic carbocycles. The molecule has 4 rings (SSSR count). The van der Waals surface area contributed by atoms with Gasteiger partial charge in [0.2, 0.25) is 0 Å². The lowest BCUT2D eigenvalue weighted by Crippen LogP contribution is -2.52. The van der Waals surface area contributed by atoms with E-state index in [4.69, 9.17) is 10.8 Å². The van der Waals surface area contributed by atoms with Gasteiger partial charge in [-0.3, -0.25) is 4.55 Å². The third-order valence-corrected chi connectivity index (χ3v) is 7.38. The normalized spacial score (nSPS) is 13.4. The smallest absolute Gasteiger partial charge is 0.360 e. The van der Waals surface area contributed by atoms with Crippen LogP contribution in [0.3, 0.4) is 0 Å². The molecule has 1 aromatic heterocycles. The van der Waals surface area contributed by atoms with Crippen molar-refractivity contribution >= 4 is 32.9 Å². The second-order valence-corrected chi connectivity index (χ2v) is 10.2. The van der Waals surface area contributed by atoms with E-state index in [-0.39, 0.29) is 12.0 Å². The molecule has 36 heavy (non-hydrogen) atoms. The van der Waals surface area contributed by atoms with Crippen LogP contribution in [0.25, 0.3) is 10.9 Å². The molecule has 0 amide bonds. The fraction of sp³-hybridized carbons (Fsp3) is 0.222. The van der Waals surface area contributed by atoms with Crippen LogP contribution in [0.15, 0.2) is 79.0 Å². The summed E-state index contributed by atoms with van der Waals surface area (Å²) in [5.41, 5.74) is 10.8. The lowest BCUT2D eigenvalue weighted by Gasteiger charge is -2.34. The van der Waals surface area contributed by atoms with Gasteiger partial charge in [0.05, 0.1) is 17.3 Å². The highest BCUT2D eigenvalue weighted by molar-refractivity contribution is 7.87. The Kier molecular flexibility index (Phi) is 7.44. The number of hydrogen-bond acceptors (Lipinski definition) is 4. The van der Waals surface area contributed by atoms with Gasteiger partial charge < -0.3 is 15.8 Å². The van der Waals surface area contributed by atoms with E-state index in [0.29, 0.717) is 18.5 Å². The van der Waals surface area contributed by atoms with Gasteiger partial charge in [-0.1, -0.05) is 48.0 Å². The van der Waals surface area contributed by atoms with Gasteiger partial charge in [0.25, 0.3) is 0 Å². The predicted molar refractivity (Wildman–Crippen MR) is 141 cm³/mol. The summed E-state index contributed by atoms with van der Waals surface area (Å²) in [7, 11) is -4.65. The number of aromatic amines is 1. The highest BCUT2D eigenvalue weighted by Crippen LogP contribution is 2.28. The molecule has 8 nitrogen and oxygen atoms in total. The van der Waals surface area contributed by atoms with Gasteiger partial charge >= 0.3 is 16.3 Å². The standard InChI is InChI=1S/C27H29N3O5S/c1-18-6-13-22(14-7-18)30(36(33,34)35)26(16-21-17-29-25-5-3-2-4-23(21)25)24(28)15-10-19-8-11-20(12-9-19)27(31)32/h2-9,11-14,17,24,26,29H,10,15-16,28H2,1H3,(H,31,32)(H,33,34,35)/t24-,26-/m0/s1. The van der Waals surface area contributed by atoms with Crippen molar-refractivity contribution in [3.8, 4) is 0 Å². The number of aryl methyl sites for hydroxylation is 2. The topological polar surface area (TPSA) is 137 Å². The molecule has 0 fully saturated rings. The van der Waals surface area contributed by atoms with E-state index in [1.54, 1.807) is 36.4 Å². The molecule has 4 aromatic rings. The first-order chi connectivity index (χ1) is 17.1. The molecular formula is C27H29N3O5S. The predicted octanol–water partition coefficient (Wildman–Crippen LogP) is 4.36. The van der Waals surface area contributed by atoms with Crippen molar-refractivity contribution in [1.82, 2.24) is 4.98 Å². The van der Waals surface area contributed by atoms with Crippen molar-refractivity contribution in [1.29, 1.82) is 0 Å². The molecule has 0 radical (unpaired) electrons. The van der Waals surface area contributed by atoms with Crippen molar-refractivity contribution < 1.29 is 22.9 Å². The van der Waals surface area contributed by atoms with Crippen LogP contribution in [0.5, 0.6) is 0 Å². The number of benzene rings is 3. The maximum absolute atomic E-state index is 12.7. The van der Waals surface area contributed by atoms with E-state index in [2.05, 4.69) is 4.98 Å². The molecular weight excluding hydrogens is 478 g/mol. The molecule has 2 atom stereocenters. The number of nitrogens with two attached hydrogens (primary N) is 1. The number of nitrogens with one attached hydrogen (secondary N) is 1. The highest BCUT2D eigenvalue weighted by Gasteiger charge is 2.34. The van der Waals surface area contributed by atoms with Gasteiger partial charge in [-0.2, -0.15) is 8.42 Å². The van der Waals surface area contributed by atoms with Crippen molar-refractivity contribution in [2.75, 3.05) is 4.31 Å². The fourth-order valence-corrected chi connectivity index (χ4v) is 5.42. The number of nitrogens with zero attached hydrogens (tertiary/aromatic N) is 1. The van der Waals surface area contributed by atoms with Gasteiger partial charge in [0.1, 0.15) is 0 Å². The average Bonchev–Trinajstić information content (AvgIpc) is 3.25. The summed E-state index contributed by atoms with van der Waals surface area (Å²) in [4.78, 5) is 14.3. The first-order valence-electron chi connectivity index (χ1n) is 11.6. The van der Waals surface area contributed by atoms with Crippen molar-refractivity contribution in [2.24, 2.45) is 5.73 Å². The van der Waals surface area contributed by atoms with Crippen molar-refractivity contribution in [3.05, 3.63) is 101 Å². The monoisotopic (exact) mass is 507 g/mol. The maximum atomic E-state index is 12.7. The van der Waals surface area contributed by atoms with Gasteiger partial charge in [0, 0.05) is 23.1 Å². The van der Waals surface area contributed by atoms with E-state index in [9.17, 15) is 17.8 Å². The minimum Gasteiger partial charge on any atom is -0.478 e. The molecule has 0 unspecified atom stereocenters. The largest absolute Gasteiger partial charge is 0.478 e. The highest BCUT2D eigenvalue weighted by atomic mass is 32.2. The number of rotatable bonds is 10. The number of anilines is 1. The lowest BCUT2D eigenvalue weighted by atomic mass is 9.94. The van der Waals surface area contributed by atoms with E-state index < -0.39 is 28.4 Å². The van der Waals surface area contributed by atoms with Gasteiger partial charge in [-0.05, 0) is 67.6 Å². The number of aromatic nitrogens is 1. The summed E-state index contributed by atoms with van der Waals surface area (Å²) in [6, 6.07) is 19.7. The molecule has 0 aliphatic heterocycles. The Balaban J connectivity index is 1.67. The SMILES string of the molecule is Cc1ccc(N([C@@H](Cc2c[nH]c3ccccc23)[C@@H](N)CCc2ccc(C(=O)O)cc2)S(=O)(=O)O)cc1. The molecule has 0 aliphatic carbocycles. The quantitative estimate of drug-likeness (QED) is 0.236. The third-order valence-electron chi connectivity index (χ3n) is 6.40. The van der Waals surface area contributed by atoms with Crippen LogP contribution in [-0.4, -0.2) is 41.1 Å². The van der Waals surface area contributed by atoms with Crippen LogP contribution < -0.4 is 10.0 Å². The first-order valence-corrected chi connectivity index (χ1v) is 13.0. The zero-order chi connectivity index (χ0) is 25.9. The summed E-state index contributed by atoms with van der Waals surface area (Å²) in [5.74, 6) is -1.00. The molecule has 0 saturated carbocycles. The minimum atomic E-state index is -4.65. The molecule has 0 spiro atoms. The Morgan fingerprint density at radius 3 is 2.33 bits per heavy atom. The summed E-state index contributed by atoms with van der Waals surface area (Å²) < 4.78 is 36.7. The number of carboxylic acids is 1. The fourth-order valence-electron chi connectivity index (χ4n) is 4.46. The molecule has 5 N–H and O–H groups in total. The number of para-hydroxylation sites is 1. The maximum Gasteiger partial charge on any atom is 0.360 e. The first kappa shape index (κ1) is 25.4. The van der Waals surface area contributed by atoms with Gasteiger partial charge in [-0.25, -0.2) is 9.10 Å². The Morgan fingerprint density at radius 2 is 1.69 bits per heavy atom. The van der Waals surface area contributed by atoms with Crippen LogP contribution in [0.2, 0.25) is 0 Å². The van der Waals surface area contributed by atoms with Crippen LogP contribution >= 0.6 is 0 Å². The van der Waals surface area contributed by atoms with E-state index in [1.807, 2.05) is 37.4 Å². The number of carbonyl (C=O) groups is 1. The zero-order valence-corrected chi connectivity index (χ0v) is 20.7. The summed E-state index contributed by atoms with van der Waals surface area (Å²) in [6.07, 6.45) is 3.04. The molecule has 0 aliphatic rings. The Bertz CT molecular complexity index is 1450. The number of H-pyrrole nitrogens is 1. The summed E-state index contributed by atoms with van der Waals surface area (Å²) >= 11 is 0. The molecule has 0 saturated heterocycles. The lowest BCUT2D eigenvalue weighted by molar-refractivity contribution is 0.0697. The molecule has 9 heteroatoms. The molecule has 1 heterocycles. The second-order valence-electron chi connectivity index (χ2n) is 8.94. The van der Waals surface area contributed by atoms with Crippen LogP contribution in [0, 0.1) is 6.92 Å². The second kappa shape index (κ2) is 10.5. The minimum absolute atomic E-state index is 0.192. The Hall–Kier alpha value is -3.66. The number of carboxylic acid groups (broad SMARTS) is 1. The Morgan fingerprint density at radius 1 is 1.03 bits per heavy atom. The summed E-state index contributed by atoms with van der Waals surface area (Å²) in [5, 5.41) is 10.1. The van der Waals surface area contributed by atoms with Gasteiger partial charge in [0.15, 0.2) is 0 Å². The number of hydrogen-bond donors (Lipinski definition) is 4. The average molecular weight is 508 g/mol. The number of aromatic carboxylic acids is 1. The van der Waals surface area contributed by atoms with Crippen LogP contribution in [-0.2, 0) is 23.1 Å². The molecule has 188 valence electrons. The van der Waals surface area contributed by atoms with Gasteiger partial charge in [-0.15, -0.1) is 0 Å². The number of fused-ring (bicyclic) bond motifs is 1. The zero-order valence-electron chi connectivity index (χ0n) is 19.8. The third kappa shape index (κ3) is 5.76. The van der Waals surface area contributed by atoms with Crippen molar-refractivity contribution in [3.63, 3.8) is 0 Å². The Labute approximate surface area is 210 Å². The van der Waals surface area contributed by atoms with Crippen LogP contribution in [0.4, 0.5) is 5.69 Å². The summed E-state index contributed by atoms with van der Waals surface area (Å²) in [6.45, 7) is 1.90.